The molecule has 0 aliphatic rings. The maximum atomic E-state index is 5.95. The number of benzene rings is 1. The minimum atomic E-state index is 0.299. The molecule has 0 atom stereocenters. The van der Waals surface area contributed by atoms with Gasteiger partial charge < -0.3 is 5.73 Å². The molecular weight excluding hydrogens is 290 g/mol. The minimum absolute atomic E-state index is 0.299. The molecule has 0 saturated heterocycles. The van der Waals surface area contributed by atoms with Gasteiger partial charge in [-0.2, -0.15) is 0 Å². The van der Waals surface area contributed by atoms with Crippen molar-refractivity contribution < 1.29 is 0 Å². The smallest absolute Gasteiger partial charge is 0.162 e. The fourth-order valence-electron chi connectivity index (χ4n) is 1.81. The third-order valence-electron chi connectivity index (χ3n) is 2.84. The fraction of sp³-hybridized carbons (Fsp3) is 0.286. The predicted octanol–water partition coefficient (Wildman–Crippen LogP) is 3.92. The third-order valence-corrected chi connectivity index (χ3v) is 3.65. The van der Waals surface area contributed by atoms with Crippen LogP contribution in [0.4, 0.5) is 5.82 Å². The second-order valence-electron chi connectivity index (χ2n) is 4.60. The average molecular weight is 306 g/mol. The molecule has 0 unspecified atom stereocenters. The molecule has 3 nitrogen and oxygen atoms in total. The molecule has 18 heavy (non-hydrogen) atoms. The number of nitrogens with zero attached hydrogens (tertiary/aromatic N) is 2. The first-order chi connectivity index (χ1) is 8.50. The molecule has 0 fully saturated rings. The monoisotopic (exact) mass is 305 g/mol. The number of nitrogens with two attached hydrogens (primary N) is 1. The summed E-state index contributed by atoms with van der Waals surface area (Å²) in [4.78, 5) is 8.99. The van der Waals surface area contributed by atoms with Gasteiger partial charge in [0.25, 0.3) is 0 Å². The molecular formula is C14H16BrN3. The summed E-state index contributed by atoms with van der Waals surface area (Å²) < 4.78 is 0.801. The Hall–Kier alpha value is -1.42. The molecule has 1 aromatic carbocycles. The van der Waals surface area contributed by atoms with E-state index in [1.54, 1.807) is 0 Å². The molecule has 0 aliphatic heterocycles. The van der Waals surface area contributed by atoms with E-state index in [1.165, 1.54) is 0 Å². The van der Waals surface area contributed by atoms with E-state index < -0.39 is 0 Å². The van der Waals surface area contributed by atoms with Crippen molar-refractivity contribution in [1.29, 1.82) is 0 Å². The van der Waals surface area contributed by atoms with Crippen molar-refractivity contribution in [2.45, 2.75) is 26.7 Å². The zero-order chi connectivity index (χ0) is 13.3. The Labute approximate surface area is 116 Å². The van der Waals surface area contributed by atoms with Gasteiger partial charge in [-0.05, 0) is 34.3 Å². The number of anilines is 1. The van der Waals surface area contributed by atoms with Crippen LogP contribution in [0.25, 0.3) is 11.4 Å². The van der Waals surface area contributed by atoms with E-state index in [4.69, 9.17) is 5.73 Å². The Bertz CT molecular complexity index is 579. The molecule has 94 valence electrons. The van der Waals surface area contributed by atoms with Gasteiger partial charge in [-0.15, -0.1) is 0 Å². The Morgan fingerprint density at radius 3 is 2.44 bits per heavy atom. The molecule has 2 rings (SSSR count). The minimum Gasteiger partial charge on any atom is -0.383 e. The van der Waals surface area contributed by atoms with E-state index in [-0.39, 0.29) is 0 Å². The van der Waals surface area contributed by atoms with Gasteiger partial charge in [0.2, 0.25) is 0 Å². The van der Waals surface area contributed by atoms with Crippen LogP contribution in [0, 0.1) is 6.92 Å². The lowest BCUT2D eigenvalue weighted by molar-refractivity contribution is 0.811. The Balaban J connectivity index is 2.63. The van der Waals surface area contributed by atoms with E-state index in [0.29, 0.717) is 17.6 Å². The molecule has 0 spiro atoms. The maximum Gasteiger partial charge on any atom is 0.162 e. The number of aryl methyl sites for hydroxylation is 1. The summed E-state index contributed by atoms with van der Waals surface area (Å²) >= 11 is 3.46. The van der Waals surface area contributed by atoms with Gasteiger partial charge in [0, 0.05) is 5.56 Å². The largest absolute Gasteiger partial charge is 0.383 e. The van der Waals surface area contributed by atoms with E-state index in [2.05, 4.69) is 39.7 Å². The zero-order valence-corrected chi connectivity index (χ0v) is 12.3. The highest BCUT2D eigenvalue weighted by atomic mass is 79.9. The zero-order valence-electron chi connectivity index (χ0n) is 10.7. The standard InChI is InChI=1S/C14H16BrN3/c1-8(2)12-11(15)13(16)18-14(17-12)10-7-5-4-6-9(10)3/h4-8H,1-3H3,(H2,16,17,18). The topological polar surface area (TPSA) is 51.8 Å². The van der Waals surface area contributed by atoms with Gasteiger partial charge >= 0.3 is 0 Å². The van der Waals surface area contributed by atoms with Crippen LogP contribution in [0.15, 0.2) is 28.7 Å². The number of rotatable bonds is 2. The van der Waals surface area contributed by atoms with Crippen LogP contribution in [0.1, 0.15) is 31.0 Å². The average Bonchev–Trinajstić information content (AvgIpc) is 2.33. The molecule has 0 aliphatic carbocycles. The van der Waals surface area contributed by atoms with Gasteiger partial charge in [0.05, 0.1) is 10.2 Å². The second kappa shape index (κ2) is 5.06. The van der Waals surface area contributed by atoms with E-state index >= 15 is 0 Å². The third kappa shape index (κ3) is 2.38. The lowest BCUT2D eigenvalue weighted by atomic mass is 10.1. The molecule has 0 amide bonds. The summed E-state index contributed by atoms with van der Waals surface area (Å²) in [5, 5.41) is 0. The van der Waals surface area contributed by atoms with Crippen LogP contribution in [0.2, 0.25) is 0 Å². The van der Waals surface area contributed by atoms with Crippen LogP contribution >= 0.6 is 15.9 Å². The van der Waals surface area contributed by atoms with Crippen molar-refractivity contribution in [2.24, 2.45) is 0 Å². The Morgan fingerprint density at radius 2 is 1.83 bits per heavy atom. The number of nitrogen functional groups attached to an aromatic ring is 1. The summed E-state index contributed by atoms with van der Waals surface area (Å²) in [5.74, 6) is 1.48. The molecule has 0 saturated carbocycles. The van der Waals surface area contributed by atoms with Crippen LogP contribution < -0.4 is 5.73 Å². The van der Waals surface area contributed by atoms with Crippen LogP contribution in [-0.4, -0.2) is 9.97 Å². The van der Waals surface area contributed by atoms with Gasteiger partial charge in [0.15, 0.2) is 5.82 Å². The number of hydrogen-bond acceptors (Lipinski definition) is 3. The molecule has 1 aromatic heterocycles. The molecule has 4 heteroatoms. The summed E-state index contributed by atoms with van der Waals surface area (Å²) in [5.41, 5.74) is 9.07. The number of hydrogen-bond donors (Lipinski definition) is 1. The van der Waals surface area contributed by atoms with Crippen LogP contribution in [0.5, 0.6) is 0 Å². The number of aromatic nitrogens is 2. The van der Waals surface area contributed by atoms with E-state index in [9.17, 15) is 0 Å². The molecule has 1 heterocycles. The van der Waals surface area contributed by atoms with Crippen molar-refractivity contribution >= 4 is 21.7 Å². The SMILES string of the molecule is Cc1ccccc1-c1nc(N)c(Br)c(C(C)C)n1. The van der Waals surface area contributed by atoms with Gasteiger partial charge in [-0.25, -0.2) is 9.97 Å². The first kappa shape index (κ1) is 13.0. The van der Waals surface area contributed by atoms with Gasteiger partial charge in [-0.3, -0.25) is 0 Å². The lowest BCUT2D eigenvalue weighted by Crippen LogP contribution is -2.04. The van der Waals surface area contributed by atoms with E-state index in [0.717, 1.165) is 21.3 Å². The second-order valence-corrected chi connectivity index (χ2v) is 5.39. The van der Waals surface area contributed by atoms with E-state index in [1.807, 2.05) is 31.2 Å². The summed E-state index contributed by atoms with van der Waals surface area (Å²) in [6.07, 6.45) is 0. The summed E-state index contributed by atoms with van der Waals surface area (Å²) in [6, 6.07) is 8.05. The number of halogens is 1. The van der Waals surface area contributed by atoms with Crippen molar-refractivity contribution in [3.05, 3.63) is 40.0 Å². The fourth-order valence-corrected chi connectivity index (χ4v) is 2.44. The Morgan fingerprint density at radius 1 is 1.17 bits per heavy atom. The molecule has 0 bridgehead atoms. The van der Waals surface area contributed by atoms with Gasteiger partial charge in [0.1, 0.15) is 5.82 Å². The maximum absolute atomic E-state index is 5.95. The van der Waals surface area contributed by atoms with Crippen LogP contribution in [0.3, 0.4) is 0 Å². The van der Waals surface area contributed by atoms with Crippen LogP contribution in [-0.2, 0) is 0 Å². The van der Waals surface area contributed by atoms with Gasteiger partial charge in [-0.1, -0.05) is 38.1 Å². The molecule has 2 N–H and O–H groups in total. The lowest BCUT2D eigenvalue weighted by Gasteiger charge is -2.12. The highest BCUT2D eigenvalue weighted by Crippen LogP contribution is 2.30. The van der Waals surface area contributed by atoms with Crippen molar-refractivity contribution in [2.75, 3.05) is 5.73 Å². The first-order valence-corrected chi connectivity index (χ1v) is 6.69. The predicted molar refractivity (Wildman–Crippen MR) is 78.4 cm³/mol. The molecule has 0 radical (unpaired) electrons. The van der Waals surface area contributed by atoms with Crippen molar-refractivity contribution in [1.82, 2.24) is 9.97 Å². The highest BCUT2D eigenvalue weighted by molar-refractivity contribution is 9.10. The summed E-state index contributed by atoms with van der Waals surface area (Å²) in [7, 11) is 0. The molecule has 2 aromatic rings. The highest BCUT2D eigenvalue weighted by Gasteiger charge is 2.14. The van der Waals surface area contributed by atoms with Crippen molar-refractivity contribution in [3.63, 3.8) is 0 Å². The quantitative estimate of drug-likeness (QED) is 0.915. The first-order valence-electron chi connectivity index (χ1n) is 5.89. The normalized spacial score (nSPS) is 10.9. The summed E-state index contributed by atoms with van der Waals surface area (Å²) in [6.45, 7) is 6.23. The Kier molecular flexibility index (Phi) is 3.66. The van der Waals surface area contributed by atoms with Crippen molar-refractivity contribution in [3.8, 4) is 11.4 Å².